The van der Waals surface area contributed by atoms with Crippen molar-refractivity contribution in [1.82, 2.24) is 9.97 Å². The number of anilines is 1. The molecule has 1 aromatic carbocycles. The summed E-state index contributed by atoms with van der Waals surface area (Å²) in [5.41, 5.74) is 0.484. The number of aromatic amines is 1. The number of hydrogen-bond donors (Lipinski definition) is 2. The molecule has 1 aliphatic heterocycles. The van der Waals surface area contributed by atoms with Gasteiger partial charge in [-0.3, -0.25) is 4.72 Å². The number of sulfonamides is 1. The monoisotopic (exact) mass is 391 g/mol. The molecule has 9 heteroatoms. The van der Waals surface area contributed by atoms with Crippen molar-refractivity contribution in [2.75, 3.05) is 17.9 Å². The first-order valence-corrected chi connectivity index (χ1v) is 10.00. The van der Waals surface area contributed by atoms with Crippen LogP contribution in [-0.4, -0.2) is 37.7 Å². The van der Waals surface area contributed by atoms with Crippen molar-refractivity contribution in [2.24, 2.45) is 0 Å². The second-order valence-electron chi connectivity index (χ2n) is 6.24. The number of H-pyrrole nitrogens is 1. The molecule has 1 aliphatic rings. The van der Waals surface area contributed by atoms with Gasteiger partial charge < -0.3 is 14.5 Å². The highest BCUT2D eigenvalue weighted by Crippen LogP contribution is 2.30. The molecule has 3 heterocycles. The molecule has 2 aromatic heterocycles. The van der Waals surface area contributed by atoms with Gasteiger partial charge in [0, 0.05) is 30.5 Å². The maximum atomic E-state index is 13.7. The molecule has 2 N–H and O–H groups in total. The average Bonchev–Trinajstić information content (AvgIpc) is 3.30. The van der Waals surface area contributed by atoms with E-state index in [0.29, 0.717) is 17.6 Å². The molecule has 7 nitrogen and oxygen atoms in total. The molecular weight excluding hydrogens is 373 g/mol. The standard InChI is InChI=1S/C18H18FN3O4S/c19-12-5-6-16(26-11-13-3-2-8-25-13)15(9-12)22-27(23,24)17-10-21-18-14(17)4-1-7-20-18/h1,4-7,9-10,13,22H,2-3,8,11H2,(H,20,21)/t13-/m1/s1. The molecule has 0 spiro atoms. The molecule has 1 fully saturated rings. The number of aromatic nitrogens is 2. The van der Waals surface area contributed by atoms with E-state index in [1.165, 1.54) is 18.3 Å². The molecular formula is C18H18FN3O4S. The van der Waals surface area contributed by atoms with E-state index in [0.717, 1.165) is 18.9 Å². The predicted molar refractivity (Wildman–Crippen MR) is 97.8 cm³/mol. The summed E-state index contributed by atoms with van der Waals surface area (Å²) in [5.74, 6) is -0.328. The van der Waals surface area contributed by atoms with E-state index in [9.17, 15) is 12.8 Å². The van der Waals surface area contributed by atoms with Gasteiger partial charge in [-0.1, -0.05) is 0 Å². The summed E-state index contributed by atoms with van der Waals surface area (Å²) < 4.78 is 53.0. The highest BCUT2D eigenvalue weighted by atomic mass is 32.2. The number of ether oxygens (including phenoxy) is 2. The van der Waals surface area contributed by atoms with Crippen LogP contribution in [0.1, 0.15) is 12.8 Å². The first kappa shape index (κ1) is 17.7. The second-order valence-corrected chi connectivity index (χ2v) is 7.90. The maximum absolute atomic E-state index is 13.7. The number of fused-ring (bicyclic) bond motifs is 1. The van der Waals surface area contributed by atoms with Gasteiger partial charge in [0.1, 0.15) is 28.7 Å². The normalized spacial score (nSPS) is 17.3. The van der Waals surface area contributed by atoms with Crippen LogP contribution in [0, 0.1) is 5.82 Å². The quantitative estimate of drug-likeness (QED) is 0.674. The molecule has 0 bridgehead atoms. The molecule has 0 unspecified atom stereocenters. The van der Waals surface area contributed by atoms with Crippen molar-refractivity contribution in [3.05, 3.63) is 48.5 Å². The summed E-state index contributed by atoms with van der Waals surface area (Å²) in [6, 6.07) is 7.01. The summed E-state index contributed by atoms with van der Waals surface area (Å²) >= 11 is 0. The minimum Gasteiger partial charge on any atom is -0.489 e. The minimum atomic E-state index is -3.97. The van der Waals surface area contributed by atoms with E-state index in [4.69, 9.17) is 9.47 Å². The van der Waals surface area contributed by atoms with Crippen LogP contribution in [0.2, 0.25) is 0 Å². The van der Waals surface area contributed by atoms with Gasteiger partial charge in [-0.2, -0.15) is 0 Å². The van der Waals surface area contributed by atoms with Crippen LogP contribution in [0.3, 0.4) is 0 Å². The average molecular weight is 391 g/mol. The molecule has 4 rings (SSSR count). The fourth-order valence-corrected chi connectivity index (χ4v) is 4.25. The Kier molecular flexibility index (Phi) is 4.71. The summed E-state index contributed by atoms with van der Waals surface area (Å²) in [5, 5.41) is 0.447. The summed E-state index contributed by atoms with van der Waals surface area (Å²) in [6.45, 7) is 0.961. The molecule has 1 atom stereocenters. The molecule has 1 saturated heterocycles. The third-order valence-corrected chi connectivity index (χ3v) is 5.74. The lowest BCUT2D eigenvalue weighted by atomic mass is 10.2. The Bertz CT molecular complexity index is 1060. The Balaban J connectivity index is 1.61. The molecule has 0 radical (unpaired) electrons. The van der Waals surface area contributed by atoms with Gasteiger partial charge >= 0.3 is 0 Å². The SMILES string of the molecule is O=S(=O)(Nc1cc(F)ccc1OC[C@H]1CCCO1)c1c[nH]c2ncccc12. The summed E-state index contributed by atoms with van der Waals surface area (Å²) in [4.78, 5) is 6.93. The Morgan fingerprint density at radius 1 is 1.37 bits per heavy atom. The van der Waals surface area contributed by atoms with Crippen LogP contribution in [0.15, 0.2) is 47.6 Å². The van der Waals surface area contributed by atoms with Crippen molar-refractivity contribution in [3.63, 3.8) is 0 Å². The Labute approximate surface area is 155 Å². The van der Waals surface area contributed by atoms with Crippen LogP contribution in [-0.2, 0) is 14.8 Å². The molecule has 27 heavy (non-hydrogen) atoms. The van der Waals surface area contributed by atoms with Crippen molar-refractivity contribution < 1.29 is 22.3 Å². The zero-order chi connectivity index (χ0) is 18.9. The Morgan fingerprint density at radius 3 is 3.07 bits per heavy atom. The van der Waals surface area contributed by atoms with Crippen LogP contribution < -0.4 is 9.46 Å². The number of rotatable bonds is 6. The van der Waals surface area contributed by atoms with Crippen molar-refractivity contribution in [3.8, 4) is 5.75 Å². The smallest absolute Gasteiger partial charge is 0.264 e. The van der Waals surface area contributed by atoms with Crippen molar-refractivity contribution in [2.45, 2.75) is 23.8 Å². The van der Waals surface area contributed by atoms with Crippen LogP contribution in [0.25, 0.3) is 11.0 Å². The van der Waals surface area contributed by atoms with Gasteiger partial charge in [0.2, 0.25) is 0 Å². The fourth-order valence-electron chi connectivity index (χ4n) is 3.02. The zero-order valence-corrected chi connectivity index (χ0v) is 15.1. The predicted octanol–water partition coefficient (Wildman–Crippen LogP) is 3.06. The fraction of sp³-hybridized carbons (Fsp3) is 0.278. The van der Waals surface area contributed by atoms with Crippen LogP contribution in [0.5, 0.6) is 5.75 Å². The molecule has 3 aromatic rings. The highest BCUT2D eigenvalue weighted by Gasteiger charge is 2.22. The lowest BCUT2D eigenvalue weighted by Gasteiger charge is -2.16. The first-order chi connectivity index (χ1) is 13.0. The van der Waals surface area contributed by atoms with Gasteiger partial charge in [0.15, 0.2) is 0 Å². The molecule has 142 valence electrons. The number of pyridine rings is 1. The zero-order valence-electron chi connectivity index (χ0n) is 14.3. The lowest BCUT2D eigenvalue weighted by Crippen LogP contribution is -2.18. The topological polar surface area (TPSA) is 93.3 Å². The third-order valence-electron chi connectivity index (χ3n) is 4.34. The van der Waals surface area contributed by atoms with E-state index in [-0.39, 0.29) is 29.0 Å². The number of nitrogens with zero attached hydrogens (tertiary/aromatic N) is 1. The Morgan fingerprint density at radius 2 is 2.26 bits per heavy atom. The number of hydrogen-bond acceptors (Lipinski definition) is 5. The number of benzene rings is 1. The van der Waals surface area contributed by atoms with E-state index >= 15 is 0 Å². The lowest BCUT2D eigenvalue weighted by molar-refractivity contribution is 0.0682. The summed E-state index contributed by atoms with van der Waals surface area (Å²) in [6.07, 6.45) is 4.72. The number of nitrogens with one attached hydrogen (secondary N) is 2. The van der Waals surface area contributed by atoms with Gasteiger partial charge in [0.25, 0.3) is 10.0 Å². The molecule has 0 aliphatic carbocycles. The van der Waals surface area contributed by atoms with E-state index in [1.807, 2.05) is 0 Å². The molecule has 0 amide bonds. The third kappa shape index (κ3) is 3.74. The van der Waals surface area contributed by atoms with Gasteiger partial charge in [0.05, 0.1) is 11.8 Å². The van der Waals surface area contributed by atoms with Crippen molar-refractivity contribution in [1.29, 1.82) is 0 Å². The largest absolute Gasteiger partial charge is 0.489 e. The highest BCUT2D eigenvalue weighted by molar-refractivity contribution is 7.93. The van der Waals surface area contributed by atoms with Gasteiger partial charge in [-0.15, -0.1) is 0 Å². The minimum absolute atomic E-state index is 0.0277. The van der Waals surface area contributed by atoms with E-state index in [1.54, 1.807) is 18.3 Å². The van der Waals surface area contributed by atoms with Gasteiger partial charge in [-0.25, -0.2) is 17.8 Å². The first-order valence-electron chi connectivity index (χ1n) is 8.52. The van der Waals surface area contributed by atoms with Crippen LogP contribution >= 0.6 is 0 Å². The van der Waals surface area contributed by atoms with Gasteiger partial charge in [-0.05, 0) is 37.1 Å². The summed E-state index contributed by atoms with van der Waals surface area (Å²) in [7, 11) is -3.97. The van der Waals surface area contributed by atoms with Crippen LogP contribution in [0.4, 0.5) is 10.1 Å². The van der Waals surface area contributed by atoms with E-state index in [2.05, 4.69) is 14.7 Å². The van der Waals surface area contributed by atoms with Crippen molar-refractivity contribution >= 4 is 26.7 Å². The number of halogens is 1. The second kappa shape index (κ2) is 7.16. The van der Waals surface area contributed by atoms with E-state index < -0.39 is 15.8 Å². The maximum Gasteiger partial charge on any atom is 0.264 e. The molecule has 0 saturated carbocycles. The Hall–Kier alpha value is -2.65.